The van der Waals surface area contributed by atoms with Crippen LogP contribution in [0.25, 0.3) is 0 Å². The Bertz CT molecular complexity index is 600. The number of nitrogens with two attached hydrogens (primary N) is 1. The van der Waals surface area contributed by atoms with Crippen molar-refractivity contribution in [2.45, 2.75) is 96.1 Å². The molecule has 0 aliphatic rings. The molecule has 0 aliphatic carbocycles. The van der Waals surface area contributed by atoms with Gasteiger partial charge in [0.1, 0.15) is 18.8 Å². The molecular weight excluding hydrogens is 453 g/mol. The molecule has 0 saturated heterocycles. The van der Waals surface area contributed by atoms with Crippen LogP contribution in [-0.4, -0.2) is 59.0 Å². The second kappa shape index (κ2) is 20.1. The average molecular weight is 496 g/mol. The molecule has 0 aromatic carbocycles. The Morgan fingerprint density at radius 1 is 0.909 bits per heavy atom. The highest BCUT2D eigenvalue weighted by Gasteiger charge is 2.26. The van der Waals surface area contributed by atoms with E-state index in [1.807, 2.05) is 0 Å². The maximum absolute atomic E-state index is 11.7. The molecule has 0 saturated carbocycles. The standard InChI is InChI=1S/C22H42NO9P/c1-2-3-4-5-6-7-8-9-10-11-12-13-14-15-21(25)30-16-19(24)17-31-33(28,29)32-18-20(23)22(26)27/h7-8,19-20,24H,2-6,9-18,23H2,1H3,(H,26,27)(H,28,29)/b8-7-. The van der Waals surface area contributed by atoms with Gasteiger partial charge < -0.3 is 25.6 Å². The normalized spacial score (nSPS) is 15.3. The lowest BCUT2D eigenvalue weighted by Crippen LogP contribution is -2.34. The largest absolute Gasteiger partial charge is 0.480 e. The first-order valence-electron chi connectivity index (χ1n) is 11.8. The van der Waals surface area contributed by atoms with Gasteiger partial charge >= 0.3 is 19.8 Å². The van der Waals surface area contributed by atoms with Crippen LogP contribution in [0.15, 0.2) is 12.2 Å². The molecule has 0 aliphatic heterocycles. The molecule has 0 rings (SSSR count). The molecule has 0 bridgehead atoms. The highest BCUT2D eigenvalue weighted by atomic mass is 31.2. The Morgan fingerprint density at radius 3 is 2.06 bits per heavy atom. The zero-order valence-electron chi connectivity index (χ0n) is 19.7. The van der Waals surface area contributed by atoms with E-state index in [2.05, 4.69) is 28.1 Å². The first-order valence-corrected chi connectivity index (χ1v) is 13.3. The first-order chi connectivity index (χ1) is 15.7. The summed E-state index contributed by atoms with van der Waals surface area (Å²) in [6.07, 6.45) is 15.8. The van der Waals surface area contributed by atoms with Crippen LogP contribution in [0.2, 0.25) is 0 Å². The van der Waals surface area contributed by atoms with E-state index in [0.29, 0.717) is 6.42 Å². The lowest BCUT2D eigenvalue weighted by Gasteiger charge is -2.16. The number of carboxylic acid groups (broad SMARTS) is 1. The molecule has 3 atom stereocenters. The predicted octanol–water partition coefficient (Wildman–Crippen LogP) is 3.69. The Kier molecular flexibility index (Phi) is 19.3. The van der Waals surface area contributed by atoms with Gasteiger partial charge in [-0.15, -0.1) is 0 Å². The van der Waals surface area contributed by atoms with E-state index in [1.54, 1.807) is 0 Å². The Hall–Kier alpha value is -1.29. The fraction of sp³-hybridized carbons (Fsp3) is 0.818. The van der Waals surface area contributed by atoms with Gasteiger partial charge in [-0.2, -0.15) is 0 Å². The van der Waals surface area contributed by atoms with Crippen LogP contribution in [0.4, 0.5) is 0 Å². The second-order valence-electron chi connectivity index (χ2n) is 7.97. The van der Waals surface area contributed by atoms with Gasteiger partial charge in [0, 0.05) is 6.42 Å². The topological polar surface area (TPSA) is 166 Å². The molecule has 11 heteroatoms. The molecule has 10 nitrogen and oxygen atoms in total. The minimum atomic E-state index is -4.58. The number of rotatable bonds is 22. The number of hydrogen-bond donors (Lipinski definition) is 4. The Labute approximate surface area is 197 Å². The van der Waals surface area contributed by atoms with Crippen LogP contribution in [0.1, 0.15) is 84.0 Å². The summed E-state index contributed by atoms with van der Waals surface area (Å²) in [6.45, 7) is 0.461. The fourth-order valence-corrected chi connectivity index (χ4v) is 3.54. The van der Waals surface area contributed by atoms with Crippen molar-refractivity contribution in [2.75, 3.05) is 19.8 Å². The molecule has 33 heavy (non-hydrogen) atoms. The number of carbonyl (C=O) groups excluding carboxylic acids is 1. The van der Waals surface area contributed by atoms with Gasteiger partial charge in [0.25, 0.3) is 0 Å². The molecule has 0 spiro atoms. The number of ether oxygens (including phenoxy) is 1. The van der Waals surface area contributed by atoms with E-state index in [4.69, 9.17) is 15.6 Å². The number of carboxylic acids is 1. The number of esters is 1. The van der Waals surface area contributed by atoms with Crippen LogP contribution in [0, 0.1) is 0 Å². The summed E-state index contributed by atoms with van der Waals surface area (Å²) < 4.78 is 25.4. The van der Waals surface area contributed by atoms with E-state index in [0.717, 1.165) is 38.5 Å². The molecule has 0 aromatic heterocycles. The third-order valence-electron chi connectivity index (χ3n) is 4.74. The molecule has 194 valence electrons. The summed E-state index contributed by atoms with van der Waals surface area (Å²) in [5.41, 5.74) is 5.15. The molecule has 0 fully saturated rings. The number of hydrogen-bond acceptors (Lipinski definition) is 8. The van der Waals surface area contributed by atoms with E-state index in [9.17, 15) is 24.2 Å². The Morgan fingerprint density at radius 2 is 1.45 bits per heavy atom. The van der Waals surface area contributed by atoms with Gasteiger partial charge in [-0.25, -0.2) is 4.57 Å². The van der Waals surface area contributed by atoms with E-state index in [-0.39, 0.29) is 6.42 Å². The quantitative estimate of drug-likeness (QED) is 0.0753. The van der Waals surface area contributed by atoms with Gasteiger partial charge in [0.05, 0.1) is 13.2 Å². The van der Waals surface area contributed by atoms with Crippen LogP contribution >= 0.6 is 7.82 Å². The summed E-state index contributed by atoms with van der Waals surface area (Å²) in [5.74, 6) is -1.86. The van der Waals surface area contributed by atoms with Crippen molar-refractivity contribution in [3.05, 3.63) is 12.2 Å². The maximum atomic E-state index is 11.7. The zero-order chi connectivity index (χ0) is 25.0. The van der Waals surface area contributed by atoms with Crippen molar-refractivity contribution in [2.24, 2.45) is 5.73 Å². The minimum absolute atomic E-state index is 0.236. The number of phosphoric acid groups is 1. The number of aliphatic carboxylic acids is 1. The van der Waals surface area contributed by atoms with Crippen LogP contribution < -0.4 is 5.73 Å². The average Bonchev–Trinajstić information content (AvgIpc) is 2.77. The highest BCUT2D eigenvalue weighted by Crippen LogP contribution is 2.43. The predicted molar refractivity (Wildman–Crippen MR) is 125 cm³/mol. The fourth-order valence-electron chi connectivity index (χ4n) is 2.76. The van der Waals surface area contributed by atoms with Gasteiger partial charge in [-0.05, 0) is 32.1 Å². The van der Waals surface area contributed by atoms with Gasteiger partial charge in [-0.3, -0.25) is 18.6 Å². The lowest BCUT2D eigenvalue weighted by atomic mass is 10.1. The minimum Gasteiger partial charge on any atom is -0.480 e. The molecule has 0 heterocycles. The highest BCUT2D eigenvalue weighted by molar-refractivity contribution is 7.47. The second-order valence-corrected chi connectivity index (χ2v) is 9.42. The molecule has 3 unspecified atom stereocenters. The molecule has 0 radical (unpaired) electrons. The third kappa shape index (κ3) is 21.0. The van der Waals surface area contributed by atoms with Crippen LogP contribution in [0.3, 0.4) is 0 Å². The monoisotopic (exact) mass is 495 g/mol. The third-order valence-corrected chi connectivity index (χ3v) is 5.69. The summed E-state index contributed by atoms with van der Waals surface area (Å²) in [7, 11) is -4.58. The molecular formula is C22H42NO9P. The first kappa shape index (κ1) is 31.7. The number of unbranched alkanes of at least 4 members (excludes halogenated alkanes) is 9. The number of aliphatic hydroxyl groups is 1. The van der Waals surface area contributed by atoms with Crippen molar-refractivity contribution < 1.29 is 43.0 Å². The number of carbonyl (C=O) groups is 2. The SMILES string of the molecule is CCCCCC/C=C\CCCCCCCC(=O)OCC(O)COP(=O)(O)OCC(N)C(=O)O. The summed E-state index contributed by atoms with van der Waals surface area (Å²) in [4.78, 5) is 31.6. The van der Waals surface area contributed by atoms with E-state index < -0.39 is 51.7 Å². The van der Waals surface area contributed by atoms with Crippen LogP contribution in [0.5, 0.6) is 0 Å². The van der Waals surface area contributed by atoms with Crippen molar-refractivity contribution in [1.82, 2.24) is 0 Å². The van der Waals surface area contributed by atoms with Gasteiger partial charge in [0.2, 0.25) is 0 Å². The summed E-state index contributed by atoms with van der Waals surface area (Å²) >= 11 is 0. The zero-order valence-corrected chi connectivity index (χ0v) is 20.6. The van der Waals surface area contributed by atoms with Crippen molar-refractivity contribution >= 4 is 19.8 Å². The van der Waals surface area contributed by atoms with E-state index in [1.165, 1.54) is 25.7 Å². The van der Waals surface area contributed by atoms with E-state index >= 15 is 0 Å². The molecule has 5 N–H and O–H groups in total. The van der Waals surface area contributed by atoms with Crippen LogP contribution in [-0.2, 0) is 27.9 Å². The summed E-state index contributed by atoms with van der Waals surface area (Å²) in [6, 6.07) is -1.48. The van der Waals surface area contributed by atoms with Crippen molar-refractivity contribution in [3.63, 3.8) is 0 Å². The maximum Gasteiger partial charge on any atom is 0.472 e. The van der Waals surface area contributed by atoms with Gasteiger partial charge in [-0.1, -0.05) is 57.6 Å². The van der Waals surface area contributed by atoms with Crippen molar-refractivity contribution in [3.8, 4) is 0 Å². The Balaban J connectivity index is 3.66. The van der Waals surface area contributed by atoms with Crippen molar-refractivity contribution in [1.29, 1.82) is 0 Å². The molecule has 0 aromatic rings. The number of aliphatic hydroxyl groups excluding tert-OH is 1. The smallest absolute Gasteiger partial charge is 0.472 e. The lowest BCUT2D eigenvalue weighted by molar-refractivity contribution is -0.147. The number of phosphoric ester groups is 1. The van der Waals surface area contributed by atoms with Gasteiger partial charge in [0.15, 0.2) is 0 Å². The molecule has 0 amide bonds. The summed E-state index contributed by atoms with van der Waals surface area (Å²) in [5, 5.41) is 18.3. The number of allylic oxidation sites excluding steroid dienone is 2.